The molecule has 20 heavy (non-hydrogen) atoms. The number of aryl methyl sites for hydroxylation is 1. The molecule has 1 amide bonds. The van der Waals surface area contributed by atoms with Gasteiger partial charge in [-0.25, -0.2) is 0 Å². The lowest BCUT2D eigenvalue weighted by molar-refractivity contribution is 0.0736. The quantitative estimate of drug-likeness (QED) is 0.862. The van der Waals surface area contributed by atoms with E-state index in [1.54, 1.807) is 18.6 Å². The third-order valence-electron chi connectivity index (χ3n) is 3.52. The molecule has 0 N–H and O–H groups in total. The van der Waals surface area contributed by atoms with Gasteiger partial charge in [-0.3, -0.25) is 14.8 Å². The molecule has 0 aliphatic carbocycles. The number of hydrogen-bond donors (Lipinski definition) is 0. The topological polar surface area (TPSA) is 71.9 Å². The van der Waals surface area contributed by atoms with E-state index in [0.29, 0.717) is 4.88 Å². The fourth-order valence-electron chi connectivity index (χ4n) is 2.53. The van der Waals surface area contributed by atoms with E-state index in [4.69, 9.17) is 0 Å². The fraction of sp³-hybridized carbons (Fsp3) is 0.462. The number of carbonyl (C=O) groups excluding carboxylic acids is 1. The predicted molar refractivity (Wildman–Crippen MR) is 74.3 cm³/mol. The van der Waals surface area contributed by atoms with Gasteiger partial charge in [0.05, 0.1) is 23.6 Å². The Bertz CT molecular complexity index is 600. The van der Waals surface area contributed by atoms with Crippen molar-refractivity contribution >= 4 is 17.4 Å². The normalized spacial score (nSPS) is 18.4. The van der Waals surface area contributed by atoms with Gasteiger partial charge in [-0.15, -0.1) is 5.10 Å². The van der Waals surface area contributed by atoms with Crippen molar-refractivity contribution < 1.29 is 4.79 Å². The Morgan fingerprint density at radius 2 is 2.40 bits per heavy atom. The van der Waals surface area contributed by atoms with E-state index in [9.17, 15) is 4.79 Å². The molecule has 0 aromatic carbocycles. The van der Waals surface area contributed by atoms with Crippen LogP contribution in [0, 0.1) is 0 Å². The molecule has 2 aromatic rings. The van der Waals surface area contributed by atoms with Crippen molar-refractivity contribution in [2.75, 3.05) is 6.54 Å². The number of nitrogens with zero attached hydrogens (tertiary/aromatic N) is 5. The lowest BCUT2D eigenvalue weighted by atomic mass is 10.1. The van der Waals surface area contributed by atoms with Crippen LogP contribution in [0.2, 0.25) is 0 Å². The van der Waals surface area contributed by atoms with Crippen molar-refractivity contribution in [3.63, 3.8) is 0 Å². The van der Waals surface area contributed by atoms with E-state index in [1.807, 2.05) is 11.8 Å². The molecule has 0 radical (unpaired) electrons. The number of hydrogen-bond acceptors (Lipinski definition) is 6. The van der Waals surface area contributed by atoms with Crippen molar-refractivity contribution in [3.8, 4) is 0 Å². The van der Waals surface area contributed by atoms with E-state index in [0.717, 1.165) is 37.2 Å². The lowest BCUT2D eigenvalue weighted by Gasteiger charge is -2.23. The minimum atomic E-state index is 0.0167. The molecule has 0 spiro atoms. The monoisotopic (exact) mass is 289 g/mol. The molecule has 0 saturated carbocycles. The number of amides is 1. The summed E-state index contributed by atoms with van der Waals surface area (Å²) in [6, 6.07) is 0.0167. The van der Waals surface area contributed by atoms with Gasteiger partial charge in [0.15, 0.2) is 0 Å². The highest BCUT2D eigenvalue weighted by Gasteiger charge is 2.33. The van der Waals surface area contributed by atoms with Gasteiger partial charge in [0.25, 0.3) is 5.91 Å². The molecule has 7 heteroatoms. The summed E-state index contributed by atoms with van der Waals surface area (Å²) in [5.41, 5.74) is 1.64. The van der Waals surface area contributed by atoms with Crippen LogP contribution in [0.15, 0.2) is 18.6 Å². The van der Waals surface area contributed by atoms with Crippen molar-refractivity contribution in [1.82, 2.24) is 24.5 Å². The zero-order valence-electron chi connectivity index (χ0n) is 11.2. The highest BCUT2D eigenvalue weighted by atomic mass is 32.1. The second-order valence-corrected chi connectivity index (χ2v) is 5.44. The Hall–Kier alpha value is -1.89. The maximum atomic E-state index is 12.7. The summed E-state index contributed by atoms with van der Waals surface area (Å²) in [5, 5.41) is 4.02. The Morgan fingerprint density at radius 1 is 1.50 bits per heavy atom. The molecule has 1 atom stereocenters. The molecule has 3 rings (SSSR count). The largest absolute Gasteiger partial charge is 0.329 e. The van der Waals surface area contributed by atoms with E-state index in [1.165, 1.54) is 11.5 Å². The van der Waals surface area contributed by atoms with Crippen LogP contribution < -0.4 is 0 Å². The first-order valence-electron chi connectivity index (χ1n) is 6.69. The summed E-state index contributed by atoms with van der Waals surface area (Å²) in [6.45, 7) is 2.73. The Balaban J connectivity index is 1.87. The van der Waals surface area contributed by atoms with Gasteiger partial charge in [-0.05, 0) is 30.8 Å². The summed E-state index contributed by atoms with van der Waals surface area (Å²) in [4.78, 5) is 23.6. The van der Waals surface area contributed by atoms with Crippen molar-refractivity contribution in [2.45, 2.75) is 32.2 Å². The Morgan fingerprint density at radius 3 is 3.15 bits per heavy atom. The van der Waals surface area contributed by atoms with Crippen LogP contribution >= 0.6 is 11.5 Å². The van der Waals surface area contributed by atoms with E-state index >= 15 is 0 Å². The van der Waals surface area contributed by atoms with Crippen LogP contribution in [0.1, 0.15) is 46.9 Å². The first-order chi connectivity index (χ1) is 9.81. The first-order valence-corrected chi connectivity index (χ1v) is 7.46. The molecular weight excluding hydrogens is 274 g/mol. The summed E-state index contributed by atoms with van der Waals surface area (Å²) < 4.78 is 3.90. The van der Waals surface area contributed by atoms with Crippen LogP contribution in [0.4, 0.5) is 0 Å². The number of rotatable bonds is 3. The number of carbonyl (C=O) groups is 1. The molecule has 104 valence electrons. The molecule has 2 aromatic heterocycles. The van der Waals surface area contributed by atoms with Gasteiger partial charge < -0.3 is 4.90 Å². The van der Waals surface area contributed by atoms with Gasteiger partial charge in [0, 0.05) is 18.9 Å². The first kappa shape index (κ1) is 13.1. The molecule has 3 heterocycles. The zero-order chi connectivity index (χ0) is 13.9. The lowest BCUT2D eigenvalue weighted by Crippen LogP contribution is -2.31. The van der Waals surface area contributed by atoms with Gasteiger partial charge in [0.2, 0.25) is 0 Å². The molecule has 1 saturated heterocycles. The molecule has 6 nitrogen and oxygen atoms in total. The van der Waals surface area contributed by atoms with Crippen molar-refractivity contribution in [2.24, 2.45) is 0 Å². The van der Waals surface area contributed by atoms with E-state index in [2.05, 4.69) is 19.6 Å². The SMILES string of the molecule is CCc1nnsc1C(=O)N1CCCC1c1cnccn1. The minimum absolute atomic E-state index is 0.0167. The zero-order valence-corrected chi connectivity index (χ0v) is 12.0. The van der Waals surface area contributed by atoms with Crippen LogP contribution in [0.25, 0.3) is 0 Å². The summed E-state index contributed by atoms with van der Waals surface area (Å²) >= 11 is 1.18. The van der Waals surface area contributed by atoms with Crippen LogP contribution in [-0.2, 0) is 6.42 Å². The Kier molecular flexibility index (Phi) is 3.68. The van der Waals surface area contributed by atoms with Crippen molar-refractivity contribution in [3.05, 3.63) is 34.9 Å². The summed E-state index contributed by atoms with van der Waals surface area (Å²) in [5.74, 6) is 0.0185. The minimum Gasteiger partial charge on any atom is -0.329 e. The molecular formula is C13H15N5OS. The van der Waals surface area contributed by atoms with Gasteiger partial charge in [0.1, 0.15) is 4.88 Å². The molecule has 1 fully saturated rings. The molecule has 1 unspecified atom stereocenters. The smallest absolute Gasteiger partial charge is 0.268 e. The summed E-state index contributed by atoms with van der Waals surface area (Å²) in [6.07, 6.45) is 7.69. The van der Waals surface area contributed by atoms with Crippen LogP contribution in [-0.4, -0.2) is 36.9 Å². The van der Waals surface area contributed by atoms with E-state index in [-0.39, 0.29) is 11.9 Å². The van der Waals surface area contributed by atoms with Gasteiger partial charge >= 0.3 is 0 Å². The van der Waals surface area contributed by atoms with E-state index < -0.39 is 0 Å². The maximum Gasteiger partial charge on any atom is 0.268 e. The highest BCUT2D eigenvalue weighted by molar-refractivity contribution is 7.08. The Labute approximate surface area is 121 Å². The molecule has 1 aliphatic rings. The number of aromatic nitrogens is 4. The fourth-order valence-corrected chi connectivity index (χ4v) is 3.24. The van der Waals surface area contributed by atoms with Gasteiger partial charge in [-0.1, -0.05) is 11.4 Å². The average molecular weight is 289 g/mol. The predicted octanol–water partition coefficient (Wildman–Crippen LogP) is 1.87. The van der Waals surface area contributed by atoms with Crippen LogP contribution in [0.3, 0.4) is 0 Å². The third kappa shape index (κ3) is 2.29. The summed E-state index contributed by atoms with van der Waals surface area (Å²) in [7, 11) is 0. The maximum absolute atomic E-state index is 12.7. The standard InChI is InChI=1S/C13H15N5OS/c1-2-9-12(20-17-16-9)13(19)18-7-3-4-11(18)10-8-14-5-6-15-10/h5-6,8,11H,2-4,7H2,1H3. The second kappa shape index (κ2) is 5.62. The molecule has 1 aliphatic heterocycles. The molecule has 0 bridgehead atoms. The van der Waals surface area contributed by atoms with Crippen molar-refractivity contribution in [1.29, 1.82) is 0 Å². The van der Waals surface area contributed by atoms with Crippen LogP contribution in [0.5, 0.6) is 0 Å². The second-order valence-electron chi connectivity index (χ2n) is 4.69. The number of likely N-dealkylation sites (tertiary alicyclic amines) is 1. The highest BCUT2D eigenvalue weighted by Crippen LogP contribution is 2.32. The third-order valence-corrected chi connectivity index (χ3v) is 4.28. The average Bonchev–Trinajstić information content (AvgIpc) is 3.16. The van der Waals surface area contributed by atoms with Gasteiger partial charge in [-0.2, -0.15) is 0 Å².